The summed E-state index contributed by atoms with van der Waals surface area (Å²) in [6, 6.07) is 7.96. The summed E-state index contributed by atoms with van der Waals surface area (Å²) in [5.74, 6) is 2.57. The highest BCUT2D eigenvalue weighted by Crippen LogP contribution is 2.55. The first kappa shape index (κ1) is 13.2. The lowest BCUT2D eigenvalue weighted by molar-refractivity contribution is -0.0127. The average Bonchev–Trinajstić information content (AvgIpc) is 2.39. The summed E-state index contributed by atoms with van der Waals surface area (Å²) in [4.78, 5) is 12.4. The van der Waals surface area contributed by atoms with Crippen molar-refractivity contribution >= 4 is 11.7 Å². The van der Waals surface area contributed by atoms with Gasteiger partial charge in [-0.3, -0.25) is 0 Å². The quantitative estimate of drug-likeness (QED) is 0.844. The van der Waals surface area contributed by atoms with Crippen LogP contribution in [0.1, 0.15) is 44.1 Å². The van der Waals surface area contributed by atoms with Crippen LogP contribution < -0.4 is 10.6 Å². The zero-order valence-electron chi connectivity index (χ0n) is 12.7. The molecule has 3 nitrogen and oxygen atoms in total. The van der Waals surface area contributed by atoms with Crippen molar-refractivity contribution in [3.05, 3.63) is 29.8 Å². The summed E-state index contributed by atoms with van der Waals surface area (Å²) in [5, 5.41) is 6.33. The van der Waals surface area contributed by atoms with Gasteiger partial charge in [0.2, 0.25) is 0 Å². The molecule has 3 heteroatoms. The summed E-state index contributed by atoms with van der Waals surface area (Å²) in [5.41, 5.74) is 2.17. The van der Waals surface area contributed by atoms with E-state index in [9.17, 15) is 4.79 Å². The first-order valence-corrected chi connectivity index (χ1v) is 8.26. The van der Waals surface area contributed by atoms with E-state index in [0.717, 1.165) is 23.4 Å². The Balaban J connectivity index is 1.43. The van der Waals surface area contributed by atoms with Crippen molar-refractivity contribution in [3.8, 4) is 0 Å². The van der Waals surface area contributed by atoms with E-state index in [0.29, 0.717) is 0 Å². The van der Waals surface area contributed by atoms with Crippen molar-refractivity contribution in [2.24, 2.45) is 17.8 Å². The highest BCUT2D eigenvalue weighted by atomic mass is 16.2. The minimum atomic E-state index is -0.0270. The van der Waals surface area contributed by atoms with Gasteiger partial charge in [-0.2, -0.15) is 0 Å². The fourth-order valence-corrected chi connectivity index (χ4v) is 5.30. The fourth-order valence-electron chi connectivity index (χ4n) is 5.30. The molecule has 4 saturated carbocycles. The molecule has 4 aliphatic rings. The van der Waals surface area contributed by atoms with Crippen LogP contribution in [0.2, 0.25) is 0 Å². The zero-order valence-corrected chi connectivity index (χ0v) is 12.7. The van der Waals surface area contributed by atoms with Gasteiger partial charge in [-0.05, 0) is 75.3 Å². The normalized spacial score (nSPS) is 36.5. The van der Waals surface area contributed by atoms with Gasteiger partial charge in [0.15, 0.2) is 0 Å². The SMILES string of the molecule is Cc1ccc(NC(=O)NC23CC4CC(CC(C4)C2)C3)cc1. The van der Waals surface area contributed by atoms with Crippen LogP contribution in [0.3, 0.4) is 0 Å². The third kappa shape index (κ3) is 2.54. The number of carbonyl (C=O) groups excluding carboxylic acids is 1. The molecule has 1 aromatic carbocycles. The molecule has 0 aliphatic heterocycles. The number of aryl methyl sites for hydroxylation is 1. The van der Waals surface area contributed by atoms with Crippen LogP contribution in [0.4, 0.5) is 10.5 Å². The molecule has 5 rings (SSSR count). The Morgan fingerprint density at radius 2 is 1.52 bits per heavy atom. The second-order valence-electron chi connectivity index (χ2n) is 7.64. The maximum absolute atomic E-state index is 12.4. The molecular weight excluding hydrogens is 260 g/mol. The van der Waals surface area contributed by atoms with Crippen molar-refractivity contribution in [1.29, 1.82) is 0 Å². The number of carbonyl (C=O) groups is 1. The highest BCUT2D eigenvalue weighted by Gasteiger charge is 2.51. The molecule has 4 aliphatic carbocycles. The summed E-state index contributed by atoms with van der Waals surface area (Å²) < 4.78 is 0. The van der Waals surface area contributed by atoms with Crippen LogP contribution in [0.25, 0.3) is 0 Å². The largest absolute Gasteiger partial charge is 0.332 e. The molecule has 4 bridgehead atoms. The first-order valence-electron chi connectivity index (χ1n) is 8.26. The number of hydrogen-bond acceptors (Lipinski definition) is 1. The summed E-state index contributed by atoms with van der Waals surface area (Å²) in [6.07, 6.45) is 7.79. The van der Waals surface area contributed by atoms with Crippen LogP contribution in [-0.4, -0.2) is 11.6 Å². The zero-order chi connectivity index (χ0) is 14.4. The van der Waals surface area contributed by atoms with Gasteiger partial charge in [0.1, 0.15) is 0 Å². The minimum absolute atomic E-state index is 0.0270. The summed E-state index contributed by atoms with van der Waals surface area (Å²) >= 11 is 0. The lowest BCUT2D eigenvalue weighted by Gasteiger charge is -2.56. The molecule has 0 spiro atoms. The van der Waals surface area contributed by atoms with Crippen molar-refractivity contribution in [2.45, 2.75) is 51.0 Å². The van der Waals surface area contributed by atoms with Gasteiger partial charge >= 0.3 is 6.03 Å². The van der Waals surface area contributed by atoms with Gasteiger partial charge < -0.3 is 10.6 Å². The predicted molar refractivity (Wildman–Crippen MR) is 84.2 cm³/mol. The van der Waals surface area contributed by atoms with Crippen molar-refractivity contribution in [2.75, 3.05) is 5.32 Å². The van der Waals surface area contributed by atoms with Gasteiger partial charge in [-0.25, -0.2) is 4.79 Å². The number of nitrogens with one attached hydrogen (secondary N) is 2. The van der Waals surface area contributed by atoms with Crippen LogP contribution in [-0.2, 0) is 0 Å². The molecule has 1 aromatic rings. The van der Waals surface area contributed by atoms with E-state index < -0.39 is 0 Å². The summed E-state index contributed by atoms with van der Waals surface area (Å²) in [6.45, 7) is 2.05. The lowest BCUT2D eigenvalue weighted by Crippen LogP contribution is -2.60. The smallest absolute Gasteiger partial charge is 0.319 e. The molecular formula is C18H24N2O. The third-order valence-electron chi connectivity index (χ3n) is 5.73. The summed E-state index contributed by atoms with van der Waals surface area (Å²) in [7, 11) is 0. The second-order valence-corrected chi connectivity index (χ2v) is 7.64. The van der Waals surface area contributed by atoms with Crippen molar-refractivity contribution in [3.63, 3.8) is 0 Å². The van der Waals surface area contributed by atoms with Gasteiger partial charge in [-0.1, -0.05) is 17.7 Å². The van der Waals surface area contributed by atoms with Crippen LogP contribution in [0, 0.1) is 24.7 Å². The number of rotatable bonds is 2. The maximum Gasteiger partial charge on any atom is 0.319 e. The third-order valence-corrected chi connectivity index (χ3v) is 5.73. The number of anilines is 1. The average molecular weight is 284 g/mol. The number of amides is 2. The van der Waals surface area contributed by atoms with Gasteiger partial charge in [0.05, 0.1) is 0 Å². The lowest BCUT2D eigenvalue weighted by atomic mass is 9.53. The molecule has 0 unspecified atom stereocenters. The fraction of sp³-hybridized carbons (Fsp3) is 0.611. The molecule has 21 heavy (non-hydrogen) atoms. The van der Waals surface area contributed by atoms with E-state index in [1.54, 1.807) is 0 Å². The topological polar surface area (TPSA) is 41.1 Å². The van der Waals surface area contributed by atoms with E-state index in [4.69, 9.17) is 0 Å². The van der Waals surface area contributed by atoms with E-state index in [1.807, 2.05) is 24.3 Å². The highest BCUT2D eigenvalue weighted by molar-refractivity contribution is 5.89. The van der Waals surface area contributed by atoms with E-state index in [2.05, 4.69) is 17.6 Å². The van der Waals surface area contributed by atoms with Crippen molar-refractivity contribution in [1.82, 2.24) is 5.32 Å². The molecule has 0 radical (unpaired) electrons. The molecule has 2 N–H and O–H groups in total. The van der Waals surface area contributed by atoms with E-state index >= 15 is 0 Å². The molecule has 0 saturated heterocycles. The van der Waals surface area contributed by atoms with Crippen LogP contribution in [0.5, 0.6) is 0 Å². The Kier molecular flexibility index (Phi) is 2.98. The molecule has 0 heterocycles. The Bertz CT molecular complexity index is 514. The monoisotopic (exact) mass is 284 g/mol. The van der Waals surface area contributed by atoms with E-state index in [1.165, 1.54) is 44.1 Å². The molecule has 0 aromatic heterocycles. The molecule has 2 amide bonds. The van der Waals surface area contributed by atoms with Gasteiger partial charge in [0, 0.05) is 11.2 Å². The van der Waals surface area contributed by atoms with Crippen molar-refractivity contribution < 1.29 is 4.79 Å². The Morgan fingerprint density at radius 1 is 1.00 bits per heavy atom. The predicted octanol–water partition coefficient (Wildman–Crippen LogP) is 4.09. The molecule has 4 fully saturated rings. The maximum atomic E-state index is 12.4. The Hall–Kier alpha value is -1.51. The first-order chi connectivity index (χ1) is 10.1. The second kappa shape index (κ2) is 4.75. The number of benzene rings is 1. The van der Waals surface area contributed by atoms with E-state index in [-0.39, 0.29) is 11.6 Å². The number of hydrogen-bond donors (Lipinski definition) is 2. The molecule has 0 atom stereocenters. The Morgan fingerprint density at radius 3 is 2.05 bits per heavy atom. The standard InChI is InChI=1S/C18H24N2O/c1-12-2-4-16(5-3-12)19-17(21)20-18-9-13-6-14(10-18)8-15(7-13)11-18/h2-5,13-15H,6-11H2,1H3,(H2,19,20,21). The molecule has 112 valence electrons. The number of urea groups is 1. The Labute approximate surface area is 126 Å². The minimum Gasteiger partial charge on any atom is -0.332 e. The van der Waals surface area contributed by atoms with Crippen LogP contribution in [0.15, 0.2) is 24.3 Å². The van der Waals surface area contributed by atoms with Crippen LogP contribution >= 0.6 is 0 Å². The van der Waals surface area contributed by atoms with Gasteiger partial charge in [-0.15, -0.1) is 0 Å². The van der Waals surface area contributed by atoms with Gasteiger partial charge in [0.25, 0.3) is 0 Å².